The SMILES string of the molecule is CN1CC(N(C)C2CCCC(c3cccc(C(F)(F)F)c3)C2)C1. The highest BCUT2D eigenvalue weighted by atomic mass is 19.4. The molecule has 0 amide bonds. The minimum atomic E-state index is -4.25. The molecule has 2 unspecified atom stereocenters. The van der Waals surface area contributed by atoms with Gasteiger partial charge in [-0.05, 0) is 50.9 Å². The Hall–Kier alpha value is -1.07. The van der Waals surface area contributed by atoms with Gasteiger partial charge in [0.1, 0.15) is 0 Å². The highest BCUT2D eigenvalue weighted by Crippen LogP contribution is 2.38. The molecule has 1 saturated heterocycles. The van der Waals surface area contributed by atoms with E-state index in [4.69, 9.17) is 0 Å². The van der Waals surface area contributed by atoms with Crippen molar-refractivity contribution < 1.29 is 13.2 Å². The van der Waals surface area contributed by atoms with Gasteiger partial charge in [0.05, 0.1) is 5.56 Å². The third-order valence-corrected chi connectivity index (χ3v) is 5.53. The molecule has 0 radical (unpaired) electrons. The lowest BCUT2D eigenvalue weighted by molar-refractivity contribution is -0.137. The fourth-order valence-electron chi connectivity index (χ4n) is 4.03. The van der Waals surface area contributed by atoms with Crippen LogP contribution in [0.25, 0.3) is 0 Å². The first-order valence-electron chi connectivity index (χ1n) is 8.42. The van der Waals surface area contributed by atoms with Crippen LogP contribution < -0.4 is 0 Å². The summed E-state index contributed by atoms with van der Waals surface area (Å²) in [5.74, 6) is 0.247. The average Bonchev–Trinajstić information content (AvgIpc) is 2.51. The summed E-state index contributed by atoms with van der Waals surface area (Å²) in [5.41, 5.74) is 0.328. The fourth-order valence-corrected chi connectivity index (χ4v) is 4.03. The molecule has 2 atom stereocenters. The molecule has 23 heavy (non-hydrogen) atoms. The van der Waals surface area contributed by atoms with Gasteiger partial charge < -0.3 is 4.90 Å². The van der Waals surface area contributed by atoms with Gasteiger partial charge in [-0.15, -0.1) is 0 Å². The molecule has 2 fully saturated rings. The van der Waals surface area contributed by atoms with Crippen molar-refractivity contribution in [3.63, 3.8) is 0 Å². The number of hydrogen-bond donors (Lipinski definition) is 0. The first-order chi connectivity index (χ1) is 10.8. The summed E-state index contributed by atoms with van der Waals surface area (Å²) in [6.45, 7) is 2.20. The third kappa shape index (κ3) is 3.72. The summed E-state index contributed by atoms with van der Waals surface area (Å²) in [6, 6.07) is 7.02. The predicted octanol–water partition coefficient (Wildman–Crippen LogP) is 3.98. The van der Waals surface area contributed by atoms with Crippen molar-refractivity contribution in [1.29, 1.82) is 0 Å². The maximum Gasteiger partial charge on any atom is 0.416 e. The summed E-state index contributed by atoms with van der Waals surface area (Å²) in [6.07, 6.45) is -0.0315. The van der Waals surface area contributed by atoms with E-state index in [2.05, 4.69) is 23.9 Å². The van der Waals surface area contributed by atoms with Gasteiger partial charge in [-0.1, -0.05) is 24.6 Å². The predicted molar refractivity (Wildman–Crippen MR) is 85.5 cm³/mol. The molecule has 3 rings (SSSR count). The van der Waals surface area contributed by atoms with Gasteiger partial charge in [-0.2, -0.15) is 13.2 Å². The number of halogens is 3. The van der Waals surface area contributed by atoms with Crippen molar-refractivity contribution in [3.05, 3.63) is 35.4 Å². The average molecular weight is 326 g/mol. The van der Waals surface area contributed by atoms with Gasteiger partial charge >= 0.3 is 6.18 Å². The molecule has 2 aliphatic rings. The molecule has 1 saturated carbocycles. The molecule has 0 bridgehead atoms. The van der Waals surface area contributed by atoms with Crippen molar-refractivity contribution >= 4 is 0 Å². The van der Waals surface area contributed by atoms with Gasteiger partial charge in [0, 0.05) is 25.2 Å². The lowest BCUT2D eigenvalue weighted by Crippen LogP contribution is -2.59. The smallest absolute Gasteiger partial charge is 0.303 e. The van der Waals surface area contributed by atoms with E-state index in [0.29, 0.717) is 12.1 Å². The number of hydrogen-bond acceptors (Lipinski definition) is 2. The zero-order valence-electron chi connectivity index (χ0n) is 13.8. The van der Waals surface area contributed by atoms with E-state index in [1.54, 1.807) is 6.07 Å². The van der Waals surface area contributed by atoms with Gasteiger partial charge in [0.25, 0.3) is 0 Å². The second-order valence-electron chi connectivity index (χ2n) is 7.18. The molecule has 1 aliphatic carbocycles. The van der Waals surface area contributed by atoms with E-state index >= 15 is 0 Å². The van der Waals surface area contributed by atoms with Crippen LogP contribution in [0.5, 0.6) is 0 Å². The summed E-state index contributed by atoms with van der Waals surface area (Å²) < 4.78 is 38.8. The molecular weight excluding hydrogens is 301 g/mol. The summed E-state index contributed by atoms with van der Waals surface area (Å²) in [4.78, 5) is 4.76. The van der Waals surface area contributed by atoms with Crippen LogP contribution in [0.15, 0.2) is 24.3 Å². The van der Waals surface area contributed by atoms with E-state index in [-0.39, 0.29) is 5.92 Å². The highest BCUT2D eigenvalue weighted by Gasteiger charge is 2.35. The van der Waals surface area contributed by atoms with Crippen LogP contribution in [0.3, 0.4) is 0 Å². The molecule has 1 aliphatic heterocycles. The number of nitrogens with zero attached hydrogens (tertiary/aromatic N) is 2. The minimum absolute atomic E-state index is 0.247. The second-order valence-corrected chi connectivity index (χ2v) is 7.18. The minimum Gasteiger partial charge on any atom is -0.303 e. The maximum atomic E-state index is 12.9. The number of likely N-dealkylation sites (tertiary alicyclic amines) is 1. The van der Waals surface area contributed by atoms with Crippen LogP contribution in [-0.4, -0.2) is 49.1 Å². The Kier molecular flexibility index (Phi) is 4.70. The highest BCUT2D eigenvalue weighted by molar-refractivity contribution is 5.28. The van der Waals surface area contributed by atoms with E-state index < -0.39 is 11.7 Å². The van der Waals surface area contributed by atoms with E-state index in [1.807, 2.05) is 6.07 Å². The maximum absolute atomic E-state index is 12.9. The number of likely N-dealkylation sites (N-methyl/N-ethyl adjacent to an activating group) is 2. The van der Waals surface area contributed by atoms with Gasteiger partial charge in [0.15, 0.2) is 0 Å². The van der Waals surface area contributed by atoms with Crippen LogP contribution >= 0.6 is 0 Å². The third-order valence-electron chi connectivity index (χ3n) is 5.53. The van der Waals surface area contributed by atoms with Gasteiger partial charge in [0.2, 0.25) is 0 Å². The fraction of sp³-hybridized carbons (Fsp3) is 0.667. The van der Waals surface area contributed by atoms with Gasteiger partial charge in [-0.3, -0.25) is 4.90 Å². The normalized spacial score (nSPS) is 27.2. The quantitative estimate of drug-likeness (QED) is 0.829. The number of benzene rings is 1. The van der Waals surface area contributed by atoms with E-state index in [9.17, 15) is 13.2 Å². The molecule has 2 nitrogen and oxygen atoms in total. The summed E-state index contributed by atoms with van der Waals surface area (Å²) >= 11 is 0. The largest absolute Gasteiger partial charge is 0.416 e. The number of alkyl halides is 3. The van der Waals surface area contributed by atoms with Crippen LogP contribution in [0, 0.1) is 0 Å². The van der Waals surface area contributed by atoms with E-state index in [1.165, 1.54) is 12.1 Å². The van der Waals surface area contributed by atoms with Crippen LogP contribution in [0.1, 0.15) is 42.7 Å². The molecule has 1 heterocycles. The zero-order valence-corrected chi connectivity index (χ0v) is 13.8. The van der Waals surface area contributed by atoms with Crippen LogP contribution in [0.2, 0.25) is 0 Å². The number of rotatable bonds is 3. The second kappa shape index (κ2) is 6.44. The first kappa shape index (κ1) is 16.8. The molecular formula is C18H25F3N2. The molecule has 1 aromatic carbocycles. The zero-order chi connectivity index (χ0) is 16.6. The Morgan fingerprint density at radius 1 is 1.13 bits per heavy atom. The van der Waals surface area contributed by atoms with Crippen LogP contribution in [0.4, 0.5) is 13.2 Å². The lowest BCUT2D eigenvalue weighted by atomic mass is 9.80. The molecule has 0 spiro atoms. The lowest BCUT2D eigenvalue weighted by Gasteiger charge is -2.47. The molecule has 5 heteroatoms. The first-order valence-corrected chi connectivity index (χ1v) is 8.42. The molecule has 0 N–H and O–H groups in total. The Labute approximate surface area is 136 Å². The summed E-state index contributed by atoms with van der Waals surface area (Å²) in [7, 11) is 4.30. The molecule has 0 aromatic heterocycles. The van der Waals surface area contributed by atoms with Crippen LogP contribution in [-0.2, 0) is 6.18 Å². The van der Waals surface area contributed by atoms with Gasteiger partial charge in [-0.25, -0.2) is 0 Å². The Morgan fingerprint density at radius 3 is 2.52 bits per heavy atom. The Balaban J connectivity index is 1.69. The monoisotopic (exact) mass is 326 g/mol. The van der Waals surface area contributed by atoms with Crippen molar-refractivity contribution in [1.82, 2.24) is 9.80 Å². The Morgan fingerprint density at radius 2 is 1.87 bits per heavy atom. The van der Waals surface area contributed by atoms with Crippen molar-refractivity contribution in [3.8, 4) is 0 Å². The van der Waals surface area contributed by atoms with Crippen molar-refractivity contribution in [2.75, 3.05) is 27.2 Å². The standard InChI is InChI=1S/C18H25F3N2/c1-22-11-17(12-22)23(2)16-8-4-6-14(10-16)13-5-3-7-15(9-13)18(19,20)21/h3,5,7,9,14,16-17H,4,6,8,10-12H2,1-2H3. The topological polar surface area (TPSA) is 6.48 Å². The summed E-state index contributed by atoms with van der Waals surface area (Å²) in [5, 5.41) is 0. The molecule has 1 aromatic rings. The Bertz CT molecular complexity index is 537. The van der Waals surface area contributed by atoms with E-state index in [0.717, 1.165) is 44.3 Å². The van der Waals surface area contributed by atoms with Crippen molar-refractivity contribution in [2.45, 2.75) is 49.9 Å². The molecule has 128 valence electrons. The van der Waals surface area contributed by atoms with Crippen molar-refractivity contribution in [2.24, 2.45) is 0 Å².